The van der Waals surface area contributed by atoms with Crippen LogP contribution in [-0.2, 0) is 6.42 Å². The van der Waals surface area contributed by atoms with Gasteiger partial charge in [-0.05, 0) is 17.5 Å². The van der Waals surface area contributed by atoms with Crippen LogP contribution in [0.5, 0.6) is 5.75 Å². The normalized spacial score (nSPS) is 27.9. The van der Waals surface area contributed by atoms with Crippen molar-refractivity contribution in [2.75, 3.05) is 26.2 Å². The SMILES string of the molecule is CCC(C)C1CN(CC2Cc3ccccc3O2)CCN1. The van der Waals surface area contributed by atoms with E-state index in [0.29, 0.717) is 12.1 Å². The molecule has 0 radical (unpaired) electrons. The van der Waals surface area contributed by atoms with E-state index in [4.69, 9.17) is 4.74 Å². The molecule has 3 unspecified atom stereocenters. The van der Waals surface area contributed by atoms with Gasteiger partial charge < -0.3 is 10.1 Å². The molecule has 3 nitrogen and oxygen atoms in total. The van der Waals surface area contributed by atoms with Crippen molar-refractivity contribution in [3.8, 4) is 5.75 Å². The minimum atomic E-state index is 0.336. The quantitative estimate of drug-likeness (QED) is 0.912. The molecule has 0 saturated carbocycles. The monoisotopic (exact) mass is 274 g/mol. The summed E-state index contributed by atoms with van der Waals surface area (Å²) < 4.78 is 6.07. The number of nitrogens with zero attached hydrogens (tertiary/aromatic N) is 1. The van der Waals surface area contributed by atoms with Crippen LogP contribution in [0, 0.1) is 5.92 Å². The number of rotatable bonds is 4. The molecule has 1 N–H and O–H groups in total. The maximum Gasteiger partial charge on any atom is 0.123 e. The number of para-hydroxylation sites is 1. The fourth-order valence-electron chi connectivity index (χ4n) is 3.32. The maximum absolute atomic E-state index is 6.07. The molecule has 2 heterocycles. The Morgan fingerprint density at radius 2 is 2.25 bits per heavy atom. The molecule has 20 heavy (non-hydrogen) atoms. The molecule has 3 heteroatoms. The van der Waals surface area contributed by atoms with Crippen molar-refractivity contribution < 1.29 is 4.74 Å². The minimum absolute atomic E-state index is 0.336. The van der Waals surface area contributed by atoms with Gasteiger partial charge in [0.05, 0.1) is 0 Å². The number of fused-ring (bicyclic) bond motifs is 1. The van der Waals surface area contributed by atoms with Crippen molar-refractivity contribution in [1.82, 2.24) is 10.2 Å². The third kappa shape index (κ3) is 2.99. The number of hydrogen-bond acceptors (Lipinski definition) is 3. The van der Waals surface area contributed by atoms with Crippen LogP contribution >= 0.6 is 0 Å². The smallest absolute Gasteiger partial charge is 0.123 e. The van der Waals surface area contributed by atoms with E-state index in [2.05, 4.69) is 48.3 Å². The molecule has 0 spiro atoms. The second-order valence-electron chi connectivity index (χ2n) is 6.26. The summed E-state index contributed by atoms with van der Waals surface area (Å²) in [6.07, 6.45) is 2.65. The summed E-state index contributed by atoms with van der Waals surface area (Å²) in [7, 11) is 0. The minimum Gasteiger partial charge on any atom is -0.488 e. The highest BCUT2D eigenvalue weighted by Gasteiger charge is 2.28. The van der Waals surface area contributed by atoms with Crippen LogP contribution in [0.4, 0.5) is 0 Å². The van der Waals surface area contributed by atoms with Crippen molar-refractivity contribution in [1.29, 1.82) is 0 Å². The fraction of sp³-hybridized carbons (Fsp3) is 0.647. The Morgan fingerprint density at radius 3 is 3.05 bits per heavy atom. The topological polar surface area (TPSA) is 24.5 Å². The number of hydrogen-bond donors (Lipinski definition) is 1. The molecular formula is C17H26N2O. The van der Waals surface area contributed by atoms with E-state index < -0.39 is 0 Å². The van der Waals surface area contributed by atoms with Gasteiger partial charge >= 0.3 is 0 Å². The van der Waals surface area contributed by atoms with Crippen LogP contribution in [0.15, 0.2) is 24.3 Å². The Morgan fingerprint density at radius 1 is 1.40 bits per heavy atom. The van der Waals surface area contributed by atoms with Gasteiger partial charge in [-0.25, -0.2) is 0 Å². The zero-order valence-corrected chi connectivity index (χ0v) is 12.6. The van der Waals surface area contributed by atoms with E-state index in [1.54, 1.807) is 0 Å². The first-order chi connectivity index (χ1) is 9.76. The predicted molar refractivity (Wildman–Crippen MR) is 82.2 cm³/mol. The fourth-order valence-corrected chi connectivity index (χ4v) is 3.32. The van der Waals surface area contributed by atoms with Crippen molar-refractivity contribution in [3.05, 3.63) is 29.8 Å². The van der Waals surface area contributed by atoms with E-state index in [0.717, 1.165) is 44.3 Å². The Kier molecular flexibility index (Phi) is 4.27. The summed E-state index contributed by atoms with van der Waals surface area (Å²) in [6.45, 7) is 9.09. The van der Waals surface area contributed by atoms with E-state index >= 15 is 0 Å². The summed E-state index contributed by atoms with van der Waals surface area (Å²) in [5.41, 5.74) is 1.37. The maximum atomic E-state index is 6.07. The van der Waals surface area contributed by atoms with Gasteiger partial charge in [0, 0.05) is 38.6 Å². The second-order valence-corrected chi connectivity index (χ2v) is 6.26. The molecule has 2 aliphatic rings. The molecule has 0 bridgehead atoms. The first-order valence-electron chi connectivity index (χ1n) is 7.96. The lowest BCUT2D eigenvalue weighted by Crippen LogP contribution is -2.54. The number of ether oxygens (including phenoxy) is 1. The van der Waals surface area contributed by atoms with Gasteiger partial charge in [-0.15, -0.1) is 0 Å². The van der Waals surface area contributed by atoms with Crippen LogP contribution in [0.1, 0.15) is 25.8 Å². The summed E-state index contributed by atoms with van der Waals surface area (Å²) in [5, 5.41) is 3.66. The van der Waals surface area contributed by atoms with Gasteiger partial charge in [0.1, 0.15) is 11.9 Å². The molecule has 1 fully saturated rings. The zero-order valence-electron chi connectivity index (χ0n) is 12.6. The average molecular weight is 274 g/mol. The highest BCUT2D eigenvalue weighted by Crippen LogP contribution is 2.28. The third-order valence-corrected chi connectivity index (χ3v) is 4.80. The van der Waals surface area contributed by atoms with Gasteiger partial charge in [0.2, 0.25) is 0 Å². The lowest BCUT2D eigenvalue weighted by atomic mass is 9.97. The average Bonchev–Trinajstić information content (AvgIpc) is 2.88. The lowest BCUT2D eigenvalue weighted by Gasteiger charge is -2.37. The van der Waals surface area contributed by atoms with E-state index in [9.17, 15) is 0 Å². The lowest BCUT2D eigenvalue weighted by molar-refractivity contribution is 0.111. The molecule has 0 aromatic heterocycles. The summed E-state index contributed by atoms with van der Waals surface area (Å²) in [4.78, 5) is 2.57. The number of nitrogens with one attached hydrogen (secondary N) is 1. The molecule has 0 amide bonds. The Hall–Kier alpha value is -1.06. The third-order valence-electron chi connectivity index (χ3n) is 4.80. The largest absolute Gasteiger partial charge is 0.488 e. The Labute approximate surface area is 122 Å². The van der Waals surface area contributed by atoms with Gasteiger partial charge in [-0.2, -0.15) is 0 Å². The highest BCUT2D eigenvalue weighted by atomic mass is 16.5. The van der Waals surface area contributed by atoms with E-state index in [1.807, 2.05) is 0 Å². The van der Waals surface area contributed by atoms with Gasteiger partial charge in [0.25, 0.3) is 0 Å². The molecule has 0 aliphatic carbocycles. The van der Waals surface area contributed by atoms with Crippen molar-refractivity contribution in [3.63, 3.8) is 0 Å². The van der Waals surface area contributed by atoms with Crippen molar-refractivity contribution >= 4 is 0 Å². The van der Waals surface area contributed by atoms with Crippen molar-refractivity contribution in [2.24, 2.45) is 5.92 Å². The van der Waals surface area contributed by atoms with Gasteiger partial charge in [0.15, 0.2) is 0 Å². The Bertz CT molecular complexity index is 423. The zero-order chi connectivity index (χ0) is 13.9. The van der Waals surface area contributed by atoms with Crippen molar-refractivity contribution in [2.45, 2.75) is 38.8 Å². The predicted octanol–water partition coefficient (Wildman–Crippen LogP) is 2.31. The molecule has 1 aromatic carbocycles. The number of piperazine rings is 1. The Balaban J connectivity index is 1.54. The van der Waals surface area contributed by atoms with Crippen LogP contribution in [-0.4, -0.2) is 43.2 Å². The molecule has 2 aliphatic heterocycles. The van der Waals surface area contributed by atoms with E-state index in [1.165, 1.54) is 12.0 Å². The van der Waals surface area contributed by atoms with Gasteiger partial charge in [-0.1, -0.05) is 38.5 Å². The van der Waals surface area contributed by atoms with E-state index in [-0.39, 0.29) is 0 Å². The van der Waals surface area contributed by atoms with Crippen LogP contribution in [0.25, 0.3) is 0 Å². The van der Waals surface area contributed by atoms with Gasteiger partial charge in [-0.3, -0.25) is 4.90 Å². The molecular weight excluding hydrogens is 248 g/mol. The standard InChI is InChI=1S/C17H26N2O/c1-3-13(2)16-12-19(9-8-18-16)11-15-10-14-6-4-5-7-17(14)20-15/h4-7,13,15-16,18H,3,8-12H2,1-2H3. The molecule has 3 atom stereocenters. The molecule has 110 valence electrons. The number of benzene rings is 1. The summed E-state index contributed by atoms with van der Waals surface area (Å²) in [6, 6.07) is 9.08. The van der Waals surface area contributed by atoms with Crippen LogP contribution < -0.4 is 10.1 Å². The molecule has 3 rings (SSSR count). The first-order valence-corrected chi connectivity index (χ1v) is 7.96. The molecule has 1 aromatic rings. The van der Waals surface area contributed by atoms with Crippen LogP contribution in [0.3, 0.4) is 0 Å². The summed E-state index contributed by atoms with van der Waals surface area (Å²) in [5.74, 6) is 1.84. The summed E-state index contributed by atoms with van der Waals surface area (Å²) >= 11 is 0. The van der Waals surface area contributed by atoms with Crippen LogP contribution in [0.2, 0.25) is 0 Å². The second kappa shape index (κ2) is 6.15. The molecule has 1 saturated heterocycles. The first kappa shape index (κ1) is 13.9. The highest BCUT2D eigenvalue weighted by molar-refractivity contribution is 5.37.